The quantitative estimate of drug-likeness (QED) is 0.911. The molecule has 1 aromatic rings. The Labute approximate surface area is 126 Å². The van der Waals surface area contributed by atoms with E-state index in [4.69, 9.17) is 4.74 Å². The summed E-state index contributed by atoms with van der Waals surface area (Å²) in [5, 5.41) is 10.9. The summed E-state index contributed by atoms with van der Waals surface area (Å²) in [7, 11) is 0. The molecule has 0 aliphatic carbocycles. The first kappa shape index (κ1) is 15.8. The SMILES string of the molecule is CCOC(=O)N1CCC(O)(c2cc(C)c(C)c(C)c2)CC1. The number of likely N-dealkylation sites (tertiary alicyclic amines) is 1. The molecule has 0 aromatic heterocycles. The molecule has 21 heavy (non-hydrogen) atoms. The topological polar surface area (TPSA) is 49.8 Å². The van der Waals surface area contributed by atoms with Crippen LogP contribution in [0, 0.1) is 20.8 Å². The van der Waals surface area contributed by atoms with E-state index in [0.29, 0.717) is 32.5 Å². The first-order chi connectivity index (χ1) is 9.87. The highest BCUT2D eigenvalue weighted by Gasteiger charge is 2.36. The highest BCUT2D eigenvalue weighted by Crippen LogP contribution is 2.34. The fraction of sp³-hybridized carbons (Fsp3) is 0.588. The molecule has 4 heteroatoms. The van der Waals surface area contributed by atoms with Gasteiger partial charge in [-0.25, -0.2) is 4.79 Å². The minimum atomic E-state index is -0.841. The van der Waals surface area contributed by atoms with Crippen LogP contribution in [0.4, 0.5) is 4.79 Å². The first-order valence-electron chi connectivity index (χ1n) is 7.60. The van der Waals surface area contributed by atoms with Crippen LogP contribution < -0.4 is 0 Å². The van der Waals surface area contributed by atoms with Gasteiger partial charge < -0.3 is 14.7 Å². The molecule has 0 atom stereocenters. The molecular weight excluding hydrogens is 266 g/mol. The Hall–Kier alpha value is -1.55. The van der Waals surface area contributed by atoms with Crippen LogP contribution in [0.3, 0.4) is 0 Å². The molecule has 1 fully saturated rings. The fourth-order valence-corrected chi connectivity index (χ4v) is 2.87. The zero-order valence-corrected chi connectivity index (χ0v) is 13.4. The van der Waals surface area contributed by atoms with Crippen molar-refractivity contribution in [2.75, 3.05) is 19.7 Å². The van der Waals surface area contributed by atoms with Gasteiger partial charge in [-0.2, -0.15) is 0 Å². The molecule has 2 rings (SSSR count). The number of ether oxygens (including phenoxy) is 1. The van der Waals surface area contributed by atoms with Gasteiger partial charge in [0.05, 0.1) is 12.2 Å². The summed E-state index contributed by atoms with van der Waals surface area (Å²) in [4.78, 5) is 13.4. The fourth-order valence-electron chi connectivity index (χ4n) is 2.87. The monoisotopic (exact) mass is 291 g/mol. The van der Waals surface area contributed by atoms with Gasteiger partial charge >= 0.3 is 6.09 Å². The second-order valence-corrected chi connectivity index (χ2v) is 5.95. The minimum absolute atomic E-state index is 0.282. The van der Waals surface area contributed by atoms with E-state index in [2.05, 4.69) is 32.9 Å². The molecule has 0 bridgehead atoms. The molecule has 1 aromatic carbocycles. The summed E-state index contributed by atoms with van der Waals surface area (Å²) in [6, 6.07) is 4.14. The molecule has 0 spiro atoms. The largest absolute Gasteiger partial charge is 0.450 e. The van der Waals surface area contributed by atoms with E-state index in [9.17, 15) is 9.90 Å². The van der Waals surface area contributed by atoms with Crippen molar-refractivity contribution in [1.29, 1.82) is 0 Å². The Bertz CT molecular complexity index is 508. The number of nitrogens with zero attached hydrogens (tertiary/aromatic N) is 1. The maximum Gasteiger partial charge on any atom is 0.409 e. The van der Waals surface area contributed by atoms with Crippen molar-refractivity contribution in [2.45, 2.75) is 46.1 Å². The van der Waals surface area contributed by atoms with Crippen LogP contribution in [0.15, 0.2) is 12.1 Å². The summed E-state index contributed by atoms with van der Waals surface area (Å²) in [6.07, 6.45) is 0.817. The number of hydrogen-bond acceptors (Lipinski definition) is 3. The number of aryl methyl sites for hydroxylation is 2. The summed E-state index contributed by atoms with van der Waals surface area (Å²) < 4.78 is 5.01. The second-order valence-electron chi connectivity index (χ2n) is 5.95. The highest BCUT2D eigenvalue weighted by molar-refractivity contribution is 5.67. The maximum absolute atomic E-state index is 11.7. The van der Waals surface area contributed by atoms with Gasteiger partial charge in [0.25, 0.3) is 0 Å². The Kier molecular flexibility index (Phi) is 4.57. The predicted molar refractivity (Wildman–Crippen MR) is 82.4 cm³/mol. The Morgan fingerprint density at radius 2 is 1.76 bits per heavy atom. The molecule has 0 unspecified atom stereocenters. The third-order valence-electron chi connectivity index (χ3n) is 4.58. The number of carbonyl (C=O) groups is 1. The zero-order valence-electron chi connectivity index (χ0n) is 13.4. The van der Waals surface area contributed by atoms with Gasteiger partial charge in [-0.15, -0.1) is 0 Å². The number of piperidine rings is 1. The van der Waals surface area contributed by atoms with Gasteiger partial charge in [0.15, 0.2) is 0 Å². The van der Waals surface area contributed by atoms with Crippen molar-refractivity contribution in [2.24, 2.45) is 0 Å². The molecule has 1 saturated heterocycles. The second kappa shape index (κ2) is 6.06. The zero-order chi connectivity index (χ0) is 15.6. The van der Waals surface area contributed by atoms with Gasteiger partial charge in [0.1, 0.15) is 0 Å². The van der Waals surface area contributed by atoms with Gasteiger partial charge in [-0.3, -0.25) is 0 Å². The van der Waals surface area contributed by atoms with Crippen LogP contribution >= 0.6 is 0 Å². The highest BCUT2D eigenvalue weighted by atomic mass is 16.6. The van der Waals surface area contributed by atoms with Crippen molar-refractivity contribution in [3.8, 4) is 0 Å². The smallest absolute Gasteiger partial charge is 0.409 e. The van der Waals surface area contributed by atoms with Crippen LogP contribution in [0.2, 0.25) is 0 Å². The molecule has 0 radical (unpaired) electrons. The van der Waals surface area contributed by atoms with Crippen LogP contribution in [-0.2, 0) is 10.3 Å². The molecule has 1 aliphatic heterocycles. The first-order valence-corrected chi connectivity index (χ1v) is 7.60. The molecule has 1 aliphatic rings. The average Bonchev–Trinajstić information content (AvgIpc) is 2.45. The normalized spacial score (nSPS) is 17.7. The van der Waals surface area contributed by atoms with E-state index in [1.54, 1.807) is 11.8 Å². The van der Waals surface area contributed by atoms with E-state index in [0.717, 1.165) is 5.56 Å². The standard InChI is InChI=1S/C17H25NO3/c1-5-21-16(19)18-8-6-17(20,7-9-18)15-10-12(2)14(4)13(3)11-15/h10-11,20H,5-9H2,1-4H3. The predicted octanol–water partition coefficient (Wildman–Crippen LogP) is 3.05. The lowest BCUT2D eigenvalue weighted by molar-refractivity contribution is -0.0245. The molecule has 1 N–H and O–H groups in total. The van der Waals surface area contributed by atoms with E-state index >= 15 is 0 Å². The molecular formula is C17H25NO3. The van der Waals surface area contributed by atoms with Crippen molar-refractivity contribution in [1.82, 2.24) is 4.90 Å². The van der Waals surface area contributed by atoms with Gasteiger partial charge in [0, 0.05) is 13.1 Å². The van der Waals surface area contributed by atoms with Gasteiger partial charge in [0.2, 0.25) is 0 Å². The number of amides is 1. The number of carbonyl (C=O) groups excluding carboxylic acids is 1. The minimum Gasteiger partial charge on any atom is -0.450 e. The Balaban J connectivity index is 2.14. The lowest BCUT2D eigenvalue weighted by Gasteiger charge is -2.38. The lowest BCUT2D eigenvalue weighted by atomic mass is 9.82. The maximum atomic E-state index is 11.7. The van der Waals surface area contributed by atoms with Crippen molar-refractivity contribution >= 4 is 6.09 Å². The Morgan fingerprint density at radius 3 is 2.24 bits per heavy atom. The van der Waals surface area contributed by atoms with Crippen molar-refractivity contribution < 1.29 is 14.6 Å². The lowest BCUT2D eigenvalue weighted by Crippen LogP contribution is -2.45. The molecule has 116 valence electrons. The van der Waals surface area contributed by atoms with E-state index in [-0.39, 0.29) is 6.09 Å². The van der Waals surface area contributed by atoms with Crippen LogP contribution in [-0.4, -0.2) is 35.8 Å². The number of benzene rings is 1. The van der Waals surface area contributed by atoms with E-state index in [1.807, 2.05) is 0 Å². The summed E-state index contributed by atoms with van der Waals surface area (Å²) >= 11 is 0. The third kappa shape index (κ3) is 3.21. The third-order valence-corrected chi connectivity index (χ3v) is 4.58. The van der Waals surface area contributed by atoms with Gasteiger partial charge in [-0.05, 0) is 62.8 Å². The number of aliphatic hydroxyl groups is 1. The van der Waals surface area contributed by atoms with Crippen LogP contribution in [0.1, 0.15) is 42.0 Å². The molecule has 0 saturated carbocycles. The van der Waals surface area contributed by atoms with E-state index < -0.39 is 5.60 Å². The van der Waals surface area contributed by atoms with Crippen molar-refractivity contribution in [3.63, 3.8) is 0 Å². The molecule has 1 amide bonds. The van der Waals surface area contributed by atoms with E-state index in [1.165, 1.54) is 16.7 Å². The number of hydrogen-bond donors (Lipinski definition) is 1. The number of rotatable bonds is 2. The van der Waals surface area contributed by atoms with Crippen LogP contribution in [0.5, 0.6) is 0 Å². The molecule has 1 heterocycles. The summed E-state index contributed by atoms with van der Waals surface area (Å²) in [5.74, 6) is 0. The van der Waals surface area contributed by atoms with Crippen LogP contribution in [0.25, 0.3) is 0 Å². The Morgan fingerprint density at radius 1 is 1.24 bits per heavy atom. The van der Waals surface area contributed by atoms with Gasteiger partial charge in [-0.1, -0.05) is 12.1 Å². The van der Waals surface area contributed by atoms with Crippen molar-refractivity contribution in [3.05, 3.63) is 34.4 Å². The summed E-state index contributed by atoms with van der Waals surface area (Å²) in [6.45, 7) is 9.49. The summed E-state index contributed by atoms with van der Waals surface area (Å²) in [5.41, 5.74) is 3.79. The molecule has 4 nitrogen and oxygen atoms in total. The average molecular weight is 291 g/mol.